The van der Waals surface area contributed by atoms with Gasteiger partial charge in [-0.15, -0.1) is 0 Å². The Morgan fingerprint density at radius 3 is 2.38 bits per heavy atom. The van der Waals surface area contributed by atoms with Crippen LogP contribution in [0, 0.1) is 12.3 Å². The van der Waals surface area contributed by atoms with E-state index in [9.17, 15) is 13.2 Å². The molecule has 0 saturated carbocycles. The number of benzene rings is 2. The van der Waals surface area contributed by atoms with Crippen molar-refractivity contribution in [2.45, 2.75) is 71.4 Å². The van der Waals surface area contributed by atoms with Crippen LogP contribution in [0.15, 0.2) is 59.3 Å². The monoisotopic (exact) mass is 529 g/mol. The highest BCUT2D eigenvalue weighted by molar-refractivity contribution is 7.89. The Morgan fingerprint density at radius 1 is 1.11 bits per heavy atom. The first-order valence-corrected chi connectivity index (χ1v) is 14.1. The summed E-state index contributed by atoms with van der Waals surface area (Å²) in [5.41, 5.74) is 17.0. The Balaban J connectivity index is 0.000000281. The minimum atomic E-state index is -3.62. The van der Waals surface area contributed by atoms with Gasteiger partial charge in [0.15, 0.2) is 0 Å². The number of rotatable bonds is 9. The van der Waals surface area contributed by atoms with Crippen molar-refractivity contribution in [3.63, 3.8) is 0 Å². The molecule has 37 heavy (non-hydrogen) atoms. The molecule has 2 aromatic carbocycles. The van der Waals surface area contributed by atoms with Crippen molar-refractivity contribution in [2.75, 3.05) is 13.1 Å². The molecule has 1 amide bonds. The number of carbonyl (C=O) groups is 1. The third-order valence-corrected chi connectivity index (χ3v) is 7.20. The number of nitrogens with two attached hydrogens (primary N) is 2. The lowest BCUT2D eigenvalue weighted by Gasteiger charge is -2.27. The molecule has 0 saturated heterocycles. The Kier molecular flexibility index (Phi) is 11.2. The van der Waals surface area contributed by atoms with Gasteiger partial charge in [-0.2, -0.15) is 0 Å². The van der Waals surface area contributed by atoms with Crippen LogP contribution >= 0.6 is 0 Å². The molecule has 2 aromatic rings. The number of hydrogen-bond donors (Lipinski definition) is 5. The molecule has 0 spiro atoms. The van der Waals surface area contributed by atoms with Gasteiger partial charge in [0.2, 0.25) is 15.9 Å². The molecule has 0 bridgehead atoms. The van der Waals surface area contributed by atoms with E-state index in [4.69, 9.17) is 11.5 Å². The van der Waals surface area contributed by atoms with E-state index in [-0.39, 0.29) is 4.90 Å². The maximum absolute atomic E-state index is 11.5. The lowest BCUT2D eigenvalue weighted by molar-refractivity contribution is -0.116. The van der Waals surface area contributed by atoms with E-state index in [1.54, 1.807) is 12.1 Å². The van der Waals surface area contributed by atoms with Gasteiger partial charge < -0.3 is 22.1 Å². The fraction of sp³-hybridized carbons (Fsp3) is 0.464. The summed E-state index contributed by atoms with van der Waals surface area (Å²) in [7, 11) is -3.62. The van der Waals surface area contributed by atoms with Gasteiger partial charge in [0, 0.05) is 25.0 Å². The Hall–Kier alpha value is -2.88. The summed E-state index contributed by atoms with van der Waals surface area (Å²) in [6.45, 7) is 12.1. The van der Waals surface area contributed by atoms with E-state index < -0.39 is 22.5 Å². The van der Waals surface area contributed by atoms with E-state index in [0.717, 1.165) is 24.4 Å². The zero-order valence-corrected chi connectivity index (χ0v) is 23.5. The van der Waals surface area contributed by atoms with Crippen LogP contribution in [-0.2, 0) is 27.8 Å². The first-order chi connectivity index (χ1) is 17.3. The second kappa shape index (κ2) is 13.6. The highest BCUT2D eigenvalue weighted by Gasteiger charge is 2.19. The Morgan fingerprint density at radius 2 is 1.78 bits per heavy atom. The molecule has 204 valence electrons. The summed E-state index contributed by atoms with van der Waals surface area (Å²) < 4.78 is 25.1. The maximum atomic E-state index is 11.5. The fourth-order valence-corrected chi connectivity index (χ4v) is 4.92. The van der Waals surface area contributed by atoms with Crippen LogP contribution < -0.4 is 26.8 Å². The van der Waals surface area contributed by atoms with Crippen molar-refractivity contribution in [1.29, 1.82) is 0 Å². The number of aryl methyl sites for hydroxylation is 2. The zero-order valence-electron chi connectivity index (χ0n) is 22.7. The van der Waals surface area contributed by atoms with E-state index >= 15 is 0 Å². The quantitative estimate of drug-likeness (QED) is 0.337. The molecule has 0 radical (unpaired) electrons. The second-order valence-corrected chi connectivity index (χ2v) is 12.6. The van der Waals surface area contributed by atoms with E-state index in [1.165, 1.54) is 48.1 Å². The molecule has 8 nitrogen and oxygen atoms in total. The third kappa shape index (κ3) is 11.0. The number of amides is 1. The predicted octanol–water partition coefficient (Wildman–Crippen LogP) is 3.37. The molecule has 1 atom stereocenters. The molecule has 3 rings (SSSR count). The molecule has 1 aliphatic carbocycles. The first-order valence-electron chi connectivity index (χ1n) is 12.6. The van der Waals surface area contributed by atoms with Gasteiger partial charge in [0.25, 0.3) is 0 Å². The number of fused-ring (bicyclic) bond motifs is 1. The average Bonchev–Trinajstić information content (AvgIpc) is 2.81. The lowest BCUT2D eigenvalue weighted by atomic mass is 9.86. The number of allylic oxidation sites excluding steroid dienone is 1. The van der Waals surface area contributed by atoms with Crippen LogP contribution in [-0.4, -0.2) is 27.4 Å². The minimum Gasteiger partial charge on any atom is -0.401 e. The predicted molar refractivity (Wildman–Crippen MR) is 150 cm³/mol. The minimum absolute atomic E-state index is 0.120. The van der Waals surface area contributed by atoms with Crippen molar-refractivity contribution in [2.24, 2.45) is 16.9 Å². The van der Waals surface area contributed by atoms with Crippen LogP contribution in [0.2, 0.25) is 0 Å². The molecule has 0 fully saturated rings. The standard InChI is InChI=1S/C19H31N3.C9H12N2O3S/c1-14(20)11-22-18-7-5-6-16-10-15(8-9-17(16)18)12-21-13-19(2,3)4;1-7-2-4-8(5-3-7)15(13,14)11-6-9(10)12/h8-11,18,21-22H,5-7,12-13,20H2,1-4H3;2-5,11H,6H2,1H3,(H2,10,12)/b14-11-;. The fourth-order valence-electron chi connectivity index (χ4n) is 3.93. The SMILES string of the molecule is C/C(N)=C/NC1CCCc2cc(CNCC(C)(C)C)ccc21.Cc1ccc(S(=O)(=O)NCC(N)=O)cc1. The summed E-state index contributed by atoms with van der Waals surface area (Å²) in [4.78, 5) is 10.5. The molecule has 0 heterocycles. The van der Waals surface area contributed by atoms with Crippen molar-refractivity contribution < 1.29 is 13.2 Å². The number of carbonyl (C=O) groups excluding carboxylic acids is 1. The highest BCUT2D eigenvalue weighted by Crippen LogP contribution is 2.30. The average molecular weight is 530 g/mol. The van der Waals surface area contributed by atoms with Gasteiger partial charge in [0.05, 0.1) is 17.5 Å². The normalized spacial score (nSPS) is 15.8. The molecular formula is C28H43N5O3S. The Bertz CT molecular complexity index is 1170. The van der Waals surface area contributed by atoms with Gasteiger partial charge in [0.1, 0.15) is 0 Å². The van der Waals surface area contributed by atoms with Crippen LogP contribution in [0.3, 0.4) is 0 Å². The van der Waals surface area contributed by atoms with Gasteiger partial charge >= 0.3 is 0 Å². The van der Waals surface area contributed by atoms with Gasteiger partial charge in [-0.25, -0.2) is 13.1 Å². The third-order valence-electron chi connectivity index (χ3n) is 5.79. The second-order valence-electron chi connectivity index (χ2n) is 10.8. The van der Waals surface area contributed by atoms with Crippen molar-refractivity contribution in [1.82, 2.24) is 15.4 Å². The smallest absolute Gasteiger partial charge is 0.241 e. The summed E-state index contributed by atoms with van der Waals surface area (Å²) in [6, 6.07) is 13.6. The van der Waals surface area contributed by atoms with Crippen LogP contribution in [0.5, 0.6) is 0 Å². The molecule has 0 aromatic heterocycles. The number of hydrogen-bond acceptors (Lipinski definition) is 6. The summed E-state index contributed by atoms with van der Waals surface area (Å²) in [5, 5.41) is 7.02. The van der Waals surface area contributed by atoms with Gasteiger partial charge in [-0.05, 0) is 67.3 Å². The lowest BCUT2D eigenvalue weighted by Crippen LogP contribution is -2.33. The molecule has 7 N–H and O–H groups in total. The van der Waals surface area contributed by atoms with E-state index in [2.05, 4.69) is 54.3 Å². The largest absolute Gasteiger partial charge is 0.401 e. The number of primary amides is 1. The first kappa shape index (κ1) is 30.3. The number of nitrogens with one attached hydrogen (secondary N) is 3. The molecule has 0 aliphatic heterocycles. The molecular weight excluding hydrogens is 486 g/mol. The maximum Gasteiger partial charge on any atom is 0.241 e. The van der Waals surface area contributed by atoms with E-state index in [1.807, 2.05) is 20.0 Å². The van der Waals surface area contributed by atoms with Gasteiger partial charge in [-0.3, -0.25) is 4.79 Å². The van der Waals surface area contributed by atoms with Gasteiger partial charge in [-0.1, -0.05) is 56.7 Å². The summed E-state index contributed by atoms with van der Waals surface area (Å²) in [5.74, 6) is -0.717. The molecule has 1 unspecified atom stereocenters. The van der Waals surface area contributed by atoms with E-state index in [0.29, 0.717) is 11.5 Å². The number of sulfonamides is 1. The Labute approximate surface area is 222 Å². The van der Waals surface area contributed by atoms with Crippen LogP contribution in [0.4, 0.5) is 0 Å². The zero-order chi connectivity index (χ0) is 27.6. The topological polar surface area (TPSA) is 139 Å². The van der Waals surface area contributed by atoms with Crippen molar-refractivity contribution in [3.8, 4) is 0 Å². The van der Waals surface area contributed by atoms with Crippen molar-refractivity contribution >= 4 is 15.9 Å². The molecule has 1 aliphatic rings. The summed E-state index contributed by atoms with van der Waals surface area (Å²) >= 11 is 0. The van der Waals surface area contributed by atoms with Crippen LogP contribution in [0.1, 0.15) is 68.8 Å². The highest BCUT2D eigenvalue weighted by atomic mass is 32.2. The van der Waals surface area contributed by atoms with Crippen molar-refractivity contribution in [3.05, 3.63) is 76.6 Å². The molecule has 9 heteroatoms. The summed E-state index contributed by atoms with van der Waals surface area (Å²) in [6.07, 6.45) is 5.53. The van der Waals surface area contributed by atoms with Crippen LogP contribution in [0.25, 0.3) is 0 Å².